The molecule has 37 heavy (non-hydrogen) atoms. The molecule has 11 heteroatoms. The molecular formula is C26H38N6O4S. The smallest absolute Gasteiger partial charge is 0.436 e. The number of hydroxylamine groups is 1. The number of amides is 2. The van der Waals surface area contributed by atoms with Crippen LogP contribution in [0.5, 0.6) is 0 Å². The topological polar surface area (TPSA) is 115 Å². The zero-order valence-corrected chi connectivity index (χ0v) is 22.8. The number of hydrogen-bond acceptors (Lipinski definition) is 6. The number of likely N-dealkylation sites (tertiary alicyclic amines) is 1. The first-order chi connectivity index (χ1) is 17.6. The maximum Gasteiger partial charge on any atom is 0.436 e. The normalized spacial score (nSPS) is 19.2. The highest BCUT2D eigenvalue weighted by Gasteiger charge is 2.38. The summed E-state index contributed by atoms with van der Waals surface area (Å²) < 4.78 is 28.8. The second-order valence-electron chi connectivity index (χ2n) is 11.0. The molecule has 1 aliphatic heterocycles. The van der Waals surface area contributed by atoms with Crippen LogP contribution in [0.15, 0.2) is 18.5 Å². The lowest BCUT2D eigenvalue weighted by Gasteiger charge is -2.34. The first-order valence-electron chi connectivity index (χ1n) is 13.4. The molecular weight excluding hydrogens is 492 g/mol. The number of aromatic nitrogens is 2. The third-order valence-electron chi connectivity index (χ3n) is 8.09. The highest BCUT2D eigenvalue weighted by Crippen LogP contribution is 2.38. The molecule has 0 bridgehead atoms. The van der Waals surface area contributed by atoms with Gasteiger partial charge in [0, 0.05) is 18.8 Å². The van der Waals surface area contributed by atoms with Gasteiger partial charge in [-0.05, 0) is 114 Å². The highest BCUT2D eigenvalue weighted by atomic mass is 32.2. The third kappa shape index (κ3) is 5.14. The molecule has 2 heterocycles. The average molecular weight is 531 g/mol. The summed E-state index contributed by atoms with van der Waals surface area (Å²) in [4.78, 5) is 15.5. The van der Waals surface area contributed by atoms with Crippen molar-refractivity contribution in [2.75, 3.05) is 36.3 Å². The minimum atomic E-state index is -4.61. The minimum absolute atomic E-state index is 0.0305. The van der Waals surface area contributed by atoms with Crippen molar-refractivity contribution in [3.63, 3.8) is 0 Å². The van der Waals surface area contributed by atoms with Crippen LogP contribution in [-0.4, -0.2) is 55.8 Å². The zero-order chi connectivity index (χ0) is 26.3. The fraction of sp³-hybridized carbons (Fsp3) is 0.615. The number of rotatable bonds is 7. The molecule has 0 saturated carbocycles. The van der Waals surface area contributed by atoms with Crippen LogP contribution in [0.3, 0.4) is 0 Å². The van der Waals surface area contributed by atoms with Crippen LogP contribution >= 0.6 is 0 Å². The molecule has 1 fully saturated rings. The number of anilines is 2. The Kier molecular flexibility index (Phi) is 7.32. The van der Waals surface area contributed by atoms with E-state index in [1.807, 2.05) is 20.9 Å². The lowest BCUT2D eigenvalue weighted by molar-refractivity contribution is -0.604. The van der Waals surface area contributed by atoms with Gasteiger partial charge in [-0.3, -0.25) is 10.00 Å². The number of urea groups is 1. The molecule has 2 aliphatic carbocycles. The molecule has 1 atom stereocenters. The molecule has 5 rings (SSSR count). The van der Waals surface area contributed by atoms with Gasteiger partial charge in [-0.15, -0.1) is 0 Å². The summed E-state index contributed by atoms with van der Waals surface area (Å²) in [6.07, 6.45) is 10.3. The van der Waals surface area contributed by atoms with Crippen LogP contribution in [-0.2, 0) is 35.9 Å². The van der Waals surface area contributed by atoms with Gasteiger partial charge >= 0.3 is 16.2 Å². The summed E-state index contributed by atoms with van der Waals surface area (Å²) in [7, 11) is -2.57. The summed E-state index contributed by atoms with van der Waals surface area (Å²) in [5, 5.41) is 20.4. The predicted molar refractivity (Wildman–Crippen MR) is 143 cm³/mol. The monoisotopic (exact) mass is 530 g/mol. The molecule has 202 valence electrons. The average Bonchev–Trinajstić information content (AvgIpc) is 3.63. The molecule has 0 spiro atoms. The molecule has 2 amide bonds. The first kappa shape index (κ1) is 26.1. The van der Waals surface area contributed by atoms with Gasteiger partial charge in [-0.1, -0.05) is 6.07 Å². The highest BCUT2D eigenvalue weighted by molar-refractivity contribution is 7.86. The van der Waals surface area contributed by atoms with E-state index in [1.54, 1.807) is 10.9 Å². The molecule has 10 nitrogen and oxygen atoms in total. The van der Waals surface area contributed by atoms with Crippen LogP contribution in [0.4, 0.5) is 16.2 Å². The van der Waals surface area contributed by atoms with Gasteiger partial charge in [0.25, 0.3) is 0 Å². The van der Waals surface area contributed by atoms with Gasteiger partial charge in [-0.25, -0.2) is 9.10 Å². The van der Waals surface area contributed by atoms with Crippen molar-refractivity contribution in [2.45, 2.75) is 71.3 Å². The Bertz CT molecular complexity index is 1230. The summed E-state index contributed by atoms with van der Waals surface area (Å²) in [5.41, 5.74) is 5.51. The maximum absolute atomic E-state index is 13.7. The lowest BCUT2D eigenvalue weighted by Crippen LogP contribution is -3.14. The van der Waals surface area contributed by atoms with E-state index in [9.17, 15) is 18.4 Å². The summed E-state index contributed by atoms with van der Waals surface area (Å²) >= 11 is 0. The molecule has 0 radical (unpaired) electrons. The van der Waals surface area contributed by atoms with E-state index in [0.717, 1.165) is 79.9 Å². The van der Waals surface area contributed by atoms with Crippen molar-refractivity contribution in [3.8, 4) is 0 Å². The van der Waals surface area contributed by atoms with E-state index >= 15 is 0 Å². The van der Waals surface area contributed by atoms with E-state index in [1.165, 1.54) is 17.3 Å². The first-order valence-corrected chi connectivity index (χ1v) is 14.9. The number of nitrogens with zero attached hydrogens (tertiary/aromatic N) is 4. The molecule has 1 saturated heterocycles. The Balaban J connectivity index is 1.42. The third-order valence-corrected chi connectivity index (χ3v) is 9.68. The number of hydrogen-bond donors (Lipinski definition) is 2. The molecule has 2 N–H and O–H groups in total. The SMILES string of the molecule is CC(C)n1cc(N(CC2CCN(C)CC2)S(=O)(=O)[NH+]([O-])C(=O)Nc2c3c(cc4c2CCC4)CCC3)cn1. The van der Waals surface area contributed by atoms with E-state index in [2.05, 4.69) is 21.4 Å². The maximum atomic E-state index is 13.7. The largest absolute Gasteiger partial charge is 0.608 e. The number of aryl methyl sites for hydroxylation is 2. The Hall–Kier alpha value is -2.47. The van der Waals surface area contributed by atoms with Gasteiger partial charge in [0.15, 0.2) is 0 Å². The number of quaternary nitrogens is 1. The number of fused-ring (bicyclic) bond motifs is 2. The van der Waals surface area contributed by atoms with Crippen molar-refractivity contribution in [3.05, 3.63) is 45.9 Å². The number of carbonyl (C=O) groups excluding carboxylic acids is 1. The standard InChI is InChI=1S/C26H38N6O4S/c1-18(2)30-17-22(15-27-30)31(16-19-10-12-29(3)13-11-19)37(35,36)32(34)26(33)28-25-23-8-4-6-20(23)14-21-7-5-9-24(21)25/h14-15,17-19,32H,4-13,16H2,1-3H3,(H,28,33). The van der Waals surface area contributed by atoms with E-state index in [4.69, 9.17) is 0 Å². The lowest BCUT2D eigenvalue weighted by atomic mass is 9.97. The van der Waals surface area contributed by atoms with Gasteiger partial charge in [-0.2, -0.15) is 18.0 Å². The number of carbonyl (C=O) groups is 1. The molecule has 1 unspecified atom stereocenters. The van der Waals surface area contributed by atoms with Crippen molar-refractivity contribution >= 4 is 27.6 Å². The van der Waals surface area contributed by atoms with Crippen LogP contribution in [0.1, 0.15) is 67.8 Å². The summed E-state index contributed by atoms with van der Waals surface area (Å²) in [6, 6.07) is 1.18. The quantitative estimate of drug-likeness (QED) is 0.532. The Morgan fingerprint density at radius 2 is 1.78 bits per heavy atom. The minimum Gasteiger partial charge on any atom is -0.608 e. The van der Waals surface area contributed by atoms with E-state index < -0.39 is 20.7 Å². The van der Waals surface area contributed by atoms with Gasteiger partial charge in [0.2, 0.25) is 0 Å². The Morgan fingerprint density at radius 1 is 1.16 bits per heavy atom. The second-order valence-corrected chi connectivity index (χ2v) is 12.8. The van der Waals surface area contributed by atoms with Crippen LogP contribution in [0, 0.1) is 11.1 Å². The van der Waals surface area contributed by atoms with E-state index in [-0.39, 0.29) is 18.5 Å². The van der Waals surface area contributed by atoms with Crippen molar-refractivity contribution in [1.82, 2.24) is 14.7 Å². The summed E-state index contributed by atoms with van der Waals surface area (Å²) in [5.74, 6) is 0.0879. The number of nitrogens with one attached hydrogen (secondary N) is 2. The molecule has 1 aromatic carbocycles. The Morgan fingerprint density at radius 3 is 2.35 bits per heavy atom. The van der Waals surface area contributed by atoms with Crippen LogP contribution < -0.4 is 14.1 Å². The summed E-state index contributed by atoms with van der Waals surface area (Å²) in [6.45, 7) is 5.77. The fourth-order valence-corrected chi connectivity index (χ4v) is 7.17. The van der Waals surface area contributed by atoms with Crippen molar-refractivity contribution in [1.29, 1.82) is 0 Å². The van der Waals surface area contributed by atoms with Crippen LogP contribution in [0.2, 0.25) is 0 Å². The van der Waals surface area contributed by atoms with Gasteiger partial charge in [0.1, 0.15) is 0 Å². The molecule has 2 aromatic rings. The predicted octanol–water partition coefficient (Wildman–Crippen LogP) is 2.45. The van der Waals surface area contributed by atoms with Crippen LogP contribution in [0.25, 0.3) is 0 Å². The van der Waals surface area contributed by atoms with Gasteiger partial charge < -0.3 is 10.1 Å². The van der Waals surface area contributed by atoms with E-state index in [0.29, 0.717) is 11.4 Å². The number of piperidine rings is 1. The zero-order valence-electron chi connectivity index (χ0n) is 22.0. The molecule has 1 aromatic heterocycles. The second kappa shape index (κ2) is 10.4. The van der Waals surface area contributed by atoms with Gasteiger partial charge in [0.05, 0.1) is 17.6 Å². The van der Waals surface area contributed by atoms with Crippen molar-refractivity contribution < 1.29 is 17.7 Å². The molecule has 3 aliphatic rings. The van der Waals surface area contributed by atoms with Crippen molar-refractivity contribution in [2.24, 2.45) is 5.92 Å². The Labute approximate surface area is 219 Å². The fourth-order valence-electron chi connectivity index (χ4n) is 5.91. The number of benzene rings is 1.